The molecule has 5 heteroatoms. The molecule has 1 aromatic rings. The van der Waals surface area contributed by atoms with Crippen LogP contribution in [0.15, 0.2) is 35.4 Å². The van der Waals surface area contributed by atoms with Gasteiger partial charge in [-0.05, 0) is 12.5 Å². The Morgan fingerprint density at radius 3 is 2.50 bits per heavy atom. The fraction of sp³-hybridized carbons (Fsp3) is 0.273. The molecular formula is C11H14ClN3O. The van der Waals surface area contributed by atoms with Crippen LogP contribution in [0.4, 0.5) is 4.79 Å². The van der Waals surface area contributed by atoms with Gasteiger partial charge in [0.05, 0.1) is 6.04 Å². The van der Waals surface area contributed by atoms with Gasteiger partial charge in [0.15, 0.2) is 0 Å². The first-order chi connectivity index (χ1) is 7.20. The van der Waals surface area contributed by atoms with E-state index in [1.54, 1.807) is 6.21 Å². The standard InChI is InChI=1S/C11H13N3O.ClH/c1-8-10(7-13-14(8)11(12)15)9-5-3-2-4-6-9;/h2-8,10H,1H3,(H2,12,15);1H. The van der Waals surface area contributed by atoms with Gasteiger partial charge >= 0.3 is 6.03 Å². The number of rotatable bonds is 1. The summed E-state index contributed by atoms with van der Waals surface area (Å²) in [5, 5.41) is 5.32. The highest BCUT2D eigenvalue weighted by atomic mass is 35.5. The molecule has 0 saturated carbocycles. The van der Waals surface area contributed by atoms with Crippen LogP contribution >= 0.6 is 12.4 Å². The average Bonchev–Trinajstić information content (AvgIpc) is 2.61. The van der Waals surface area contributed by atoms with Gasteiger partial charge in [-0.1, -0.05) is 30.3 Å². The summed E-state index contributed by atoms with van der Waals surface area (Å²) in [4.78, 5) is 11.0. The Morgan fingerprint density at radius 1 is 1.38 bits per heavy atom. The highest BCUT2D eigenvalue weighted by molar-refractivity contribution is 5.85. The van der Waals surface area contributed by atoms with Gasteiger partial charge in [-0.25, -0.2) is 9.80 Å². The predicted octanol–water partition coefficient (Wildman–Crippen LogP) is 1.96. The second-order valence-electron chi connectivity index (χ2n) is 3.62. The van der Waals surface area contributed by atoms with Crippen molar-refractivity contribution in [1.82, 2.24) is 5.01 Å². The number of hydrogen-bond acceptors (Lipinski definition) is 2. The zero-order valence-electron chi connectivity index (χ0n) is 8.91. The third kappa shape index (κ3) is 2.17. The maximum Gasteiger partial charge on any atom is 0.335 e. The van der Waals surface area contributed by atoms with E-state index in [0.717, 1.165) is 5.56 Å². The van der Waals surface area contributed by atoms with Crippen molar-refractivity contribution in [2.24, 2.45) is 10.8 Å². The quantitative estimate of drug-likeness (QED) is 0.800. The minimum atomic E-state index is -0.503. The van der Waals surface area contributed by atoms with Crippen LogP contribution in [0.5, 0.6) is 0 Å². The minimum absolute atomic E-state index is 0. The van der Waals surface area contributed by atoms with E-state index in [1.165, 1.54) is 5.01 Å². The highest BCUT2D eigenvalue weighted by Gasteiger charge is 2.30. The first-order valence-electron chi connectivity index (χ1n) is 4.88. The number of halogens is 1. The Labute approximate surface area is 101 Å². The number of nitrogens with zero attached hydrogens (tertiary/aromatic N) is 2. The Hall–Kier alpha value is -1.55. The molecule has 0 aromatic heterocycles. The molecule has 0 radical (unpaired) electrons. The van der Waals surface area contributed by atoms with Gasteiger partial charge in [-0.2, -0.15) is 5.10 Å². The second-order valence-corrected chi connectivity index (χ2v) is 3.62. The van der Waals surface area contributed by atoms with Crippen molar-refractivity contribution in [3.8, 4) is 0 Å². The summed E-state index contributed by atoms with van der Waals surface area (Å²) in [7, 11) is 0. The van der Waals surface area contributed by atoms with Crippen LogP contribution in [0.25, 0.3) is 0 Å². The summed E-state index contributed by atoms with van der Waals surface area (Å²) in [6.45, 7) is 1.94. The third-order valence-corrected chi connectivity index (χ3v) is 2.67. The fourth-order valence-electron chi connectivity index (χ4n) is 1.82. The van der Waals surface area contributed by atoms with Gasteiger partial charge in [-0.15, -0.1) is 12.4 Å². The molecule has 0 aliphatic carbocycles. The number of nitrogens with two attached hydrogens (primary N) is 1. The molecule has 2 amide bonds. The molecule has 4 nitrogen and oxygen atoms in total. The molecule has 2 unspecified atom stereocenters. The number of primary amides is 1. The molecule has 0 saturated heterocycles. The fourth-order valence-corrected chi connectivity index (χ4v) is 1.82. The minimum Gasteiger partial charge on any atom is -0.350 e. The van der Waals surface area contributed by atoms with Crippen LogP contribution in [0, 0.1) is 0 Å². The van der Waals surface area contributed by atoms with Crippen molar-refractivity contribution in [3.63, 3.8) is 0 Å². The molecule has 1 aliphatic heterocycles. The van der Waals surface area contributed by atoms with Gasteiger partial charge in [0, 0.05) is 12.1 Å². The molecule has 16 heavy (non-hydrogen) atoms. The van der Waals surface area contributed by atoms with Crippen molar-refractivity contribution < 1.29 is 4.79 Å². The third-order valence-electron chi connectivity index (χ3n) is 2.67. The number of benzene rings is 1. The van der Waals surface area contributed by atoms with Crippen LogP contribution in [0.1, 0.15) is 18.4 Å². The smallest absolute Gasteiger partial charge is 0.335 e. The van der Waals surface area contributed by atoms with Crippen LogP contribution in [-0.4, -0.2) is 23.3 Å². The molecule has 1 aromatic carbocycles. The Morgan fingerprint density at radius 2 is 2.00 bits per heavy atom. The molecule has 86 valence electrons. The molecule has 0 fully saturated rings. The average molecular weight is 240 g/mol. The topological polar surface area (TPSA) is 58.7 Å². The first-order valence-corrected chi connectivity index (χ1v) is 4.88. The van der Waals surface area contributed by atoms with Gasteiger partial charge in [0.1, 0.15) is 0 Å². The first kappa shape index (κ1) is 12.5. The Kier molecular flexibility index (Phi) is 3.90. The van der Waals surface area contributed by atoms with Gasteiger partial charge in [-0.3, -0.25) is 0 Å². The lowest BCUT2D eigenvalue weighted by atomic mass is 9.94. The maximum atomic E-state index is 11.0. The number of urea groups is 1. The maximum absolute atomic E-state index is 11.0. The van der Waals surface area contributed by atoms with E-state index >= 15 is 0 Å². The summed E-state index contributed by atoms with van der Waals surface area (Å²) in [5.41, 5.74) is 6.35. The van der Waals surface area contributed by atoms with Crippen LogP contribution in [0.3, 0.4) is 0 Å². The molecule has 2 N–H and O–H groups in total. The van der Waals surface area contributed by atoms with E-state index in [1.807, 2.05) is 37.3 Å². The lowest BCUT2D eigenvalue weighted by Crippen LogP contribution is -2.37. The lowest BCUT2D eigenvalue weighted by molar-refractivity contribution is 0.196. The second kappa shape index (κ2) is 4.99. The number of carbonyl (C=O) groups excluding carboxylic acids is 1. The molecule has 2 atom stereocenters. The monoisotopic (exact) mass is 239 g/mol. The van der Waals surface area contributed by atoms with Crippen molar-refractivity contribution in [3.05, 3.63) is 35.9 Å². The van der Waals surface area contributed by atoms with E-state index < -0.39 is 6.03 Å². The SMILES string of the molecule is CC1C(c2ccccc2)C=NN1C(N)=O.Cl. The van der Waals surface area contributed by atoms with Gasteiger partial charge in [0.2, 0.25) is 0 Å². The van der Waals surface area contributed by atoms with Gasteiger partial charge < -0.3 is 5.73 Å². The summed E-state index contributed by atoms with van der Waals surface area (Å²) in [5.74, 6) is 0.138. The Bertz CT molecular complexity index is 393. The number of amides is 2. The van der Waals surface area contributed by atoms with E-state index in [2.05, 4.69) is 5.10 Å². The van der Waals surface area contributed by atoms with Crippen LogP contribution in [0.2, 0.25) is 0 Å². The van der Waals surface area contributed by atoms with Crippen molar-refractivity contribution in [1.29, 1.82) is 0 Å². The number of hydrazone groups is 1. The molecule has 0 spiro atoms. The van der Waals surface area contributed by atoms with Crippen LogP contribution in [-0.2, 0) is 0 Å². The van der Waals surface area contributed by atoms with E-state index in [4.69, 9.17) is 5.73 Å². The van der Waals surface area contributed by atoms with Crippen molar-refractivity contribution in [2.75, 3.05) is 0 Å². The highest BCUT2D eigenvalue weighted by Crippen LogP contribution is 2.26. The molecule has 2 rings (SSSR count). The number of hydrogen-bond donors (Lipinski definition) is 1. The summed E-state index contributed by atoms with van der Waals surface area (Å²) < 4.78 is 0. The molecular weight excluding hydrogens is 226 g/mol. The summed E-state index contributed by atoms with van der Waals surface area (Å²) in [6, 6.07) is 9.45. The molecule has 1 heterocycles. The van der Waals surface area contributed by atoms with E-state index in [0.29, 0.717) is 0 Å². The zero-order valence-corrected chi connectivity index (χ0v) is 9.72. The summed E-state index contributed by atoms with van der Waals surface area (Å²) >= 11 is 0. The van der Waals surface area contributed by atoms with Crippen molar-refractivity contribution in [2.45, 2.75) is 18.9 Å². The largest absolute Gasteiger partial charge is 0.350 e. The summed E-state index contributed by atoms with van der Waals surface area (Å²) in [6.07, 6.45) is 1.77. The van der Waals surface area contributed by atoms with E-state index in [-0.39, 0.29) is 24.4 Å². The zero-order chi connectivity index (χ0) is 10.8. The van der Waals surface area contributed by atoms with Crippen LogP contribution < -0.4 is 5.73 Å². The van der Waals surface area contributed by atoms with Crippen molar-refractivity contribution >= 4 is 24.7 Å². The Balaban J connectivity index is 0.00000128. The number of carbonyl (C=O) groups is 1. The molecule has 0 bridgehead atoms. The molecule has 1 aliphatic rings. The van der Waals surface area contributed by atoms with Gasteiger partial charge in [0.25, 0.3) is 0 Å². The van der Waals surface area contributed by atoms with E-state index in [9.17, 15) is 4.79 Å². The lowest BCUT2D eigenvalue weighted by Gasteiger charge is -2.20. The predicted molar refractivity (Wildman–Crippen MR) is 65.8 cm³/mol. The normalized spacial score (nSPS) is 22.9.